The van der Waals surface area contributed by atoms with E-state index in [4.69, 9.17) is 9.47 Å². The zero-order valence-electron chi connectivity index (χ0n) is 6.45. The van der Waals surface area contributed by atoms with E-state index in [-0.39, 0.29) is 12.1 Å². The highest BCUT2D eigenvalue weighted by Gasteiger charge is 2.20. The van der Waals surface area contributed by atoms with E-state index in [1.165, 1.54) is 0 Å². The molecular weight excluding hydrogens is 162 g/mol. The van der Waals surface area contributed by atoms with Crippen molar-refractivity contribution in [3.8, 4) is 0 Å². The summed E-state index contributed by atoms with van der Waals surface area (Å²) in [6.45, 7) is 3.90. The minimum Gasteiger partial charge on any atom is -0.376 e. The van der Waals surface area contributed by atoms with Crippen LogP contribution in [0.3, 0.4) is 0 Å². The lowest BCUT2D eigenvalue weighted by atomic mass is 10.2. The van der Waals surface area contributed by atoms with Crippen LogP contribution in [0.4, 0.5) is 0 Å². The van der Waals surface area contributed by atoms with Crippen LogP contribution in [0.15, 0.2) is 4.99 Å². The Morgan fingerprint density at radius 1 is 1.64 bits per heavy atom. The van der Waals surface area contributed by atoms with Crippen LogP contribution in [0.25, 0.3) is 0 Å². The number of nitrogens with zero attached hydrogens (tertiary/aromatic N) is 1. The molecule has 11 heavy (non-hydrogen) atoms. The number of hydrogen-bond donors (Lipinski definition) is 0. The van der Waals surface area contributed by atoms with Crippen molar-refractivity contribution in [1.29, 1.82) is 0 Å². The molecule has 0 spiro atoms. The van der Waals surface area contributed by atoms with E-state index in [1.807, 2.05) is 6.92 Å². The van der Waals surface area contributed by atoms with E-state index in [0.717, 1.165) is 0 Å². The number of rotatable bonds is 2. The lowest BCUT2D eigenvalue weighted by Crippen LogP contribution is -2.35. The topological polar surface area (TPSA) is 30.8 Å². The molecule has 1 rings (SSSR count). The minimum absolute atomic E-state index is 0.0548. The first-order valence-electron chi connectivity index (χ1n) is 3.61. The molecule has 1 fully saturated rings. The Kier molecular flexibility index (Phi) is 3.66. The summed E-state index contributed by atoms with van der Waals surface area (Å²) in [7, 11) is 0. The van der Waals surface area contributed by atoms with Crippen LogP contribution in [-0.4, -0.2) is 37.1 Å². The van der Waals surface area contributed by atoms with E-state index in [0.29, 0.717) is 19.8 Å². The standard InChI is InChI=1S/C7H11NO2S/c1-6(8-5-11)7-4-9-2-3-10-7/h6-7H,2-4H2,1H3. The van der Waals surface area contributed by atoms with E-state index in [2.05, 4.69) is 22.4 Å². The van der Waals surface area contributed by atoms with Gasteiger partial charge in [-0.15, -0.1) is 0 Å². The number of hydrogen-bond acceptors (Lipinski definition) is 4. The van der Waals surface area contributed by atoms with Gasteiger partial charge in [0.15, 0.2) is 0 Å². The van der Waals surface area contributed by atoms with Gasteiger partial charge in [-0.3, -0.25) is 0 Å². The molecule has 0 aromatic carbocycles. The van der Waals surface area contributed by atoms with Gasteiger partial charge in [0.1, 0.15) is 6.10 Å². The minimum atomic E-state index is 0.0548. The molecule has 1 aliphatic heterocycles. The lowest BCUT2D eigenvalue weighted by Gasteiger charge is -2.24. The number of aliphatic imine (C=N–C) groups is 1. The summed E-state index contributed by atoms with van der Waals surface area (Å²) in [6.07, 6.45) is 0.0548. The van der Waals surface area contributed by atoms with E-state index in [9.17, 15) is 0 Å². The smallest absolute Gasteiger partial charge is 0.104 e. The molecule has 3 nitrogen and oxygen atoms in total. The van der Waals surface area contributed by atoms with Crippen LogP contribution in [0.1, 0.15) is 6.92 Å². The van der Waals surface area contributed by atoms with E-state index in [1.54, 1.807) is 0 Å². The summed E-state index contributed by atoms with van der Waals surface area (Å²) in [6, 6.07) is 0.0628. The molecule has 0 amide bonds. The highest BCUT2D eigenvalue weighted by atomic mass is 32.1. The van der Waals surface area contributed by atoms with Gasteiger partial charge in [-0.1, -0.05) is 0 Å². The Bertz CT molecular complexity index is 162. The van der Waals surface area contributed by atoms with Crippen molar-refractivity contribution in [3.63, 3.8) is 0 Å². The largest absolute Gasteiger partial charge is 0.376 e. The second-order valence-electron chi connectivity index (χ2n) is 2.45. The Morgan fingerprint density at radius 2 is 2.45 bits per heavy atom. The molecule has 1 saturated heterocycles. The van der Waals surface area contributed by atoms with Crippen molar-refractivity contribution in [2.45, 2.75) is 19.1 Å². The third-order valence-electron chi connectivity index (χ3n) is 1.64. The quantitative estimate of drug-likeness (QED) is 0.459. The van der Waals surface area contributed by atoms with Crippen LogP contribution < -0.4 is 0 Å². The third-order valence-corrected chi connectivity index (χ3v) is 1.74. The van der Waals surface area contributed by atoms with Crippen LogP contribution in [0.5, 0.6) is 0 Å². The molecule has 0 aromatic rings. The summed E-state index contributed by atoms with van der Waals surface area (Å²) in [5.41, 5.74) is 0. The van der Waals surface area contributed by atoms with Gasteiger partial charge in [0, 0.05) is 0 Å². The number of ether oxygens (including phenoxy) is 2. The maximum atomic E-state index is 5.39. The number of isothiocyanates is 1. The molecule has 1 aliphatic rings. The number of thiocarbonyl (C=S) groups is 1. The van der Waals surface area contributed by atoms with Crippen LogP contribution in [0.2, 0.25) is 0 Å². The predicted molar refractivity (Wildman–Crippen MR) is 45.0 cm³/mol. The molecule has 0 N–H and O–H groups in total. The summed E-state index contributed by atoms with van der Waals surface area (Å²) < 4.78 is 10.6. The van der Waals surface area contributed by atoms with E-state index >= 15 is 0 Å². The Hall–Kier alpha value is -0.280. The fourth-order valence-electron chi connectivity index (χ4n) is 0.951. The first-order valence-corrected chi connectivity index (χ1v) is 4.01. The predicted octanol–water partition coefficient (Wildman–Crippen LogP) is 0.893. The highest BCUT2D eigenvalue weighted by Crippen LogP contribution is 2.07. The van der Waals surface area contributed by atoms with Crippen LogP contribution in [0, 0.1) is 0 Å². The summed E-state index contributed by atoms with van der Waals surface area (Å²) in [5.74, 6) is 0. The zero-order chi connectivity index (χ0) is 8.10. The first-order chi connectivity index (χ1) is 5.34. The molecule has 0 aliphatic carbocycles. The molecular formula is C7H11NO2S. The average Bonchev–Trinajstić information content (AvgIpc) is 2.07. The van der Waals surface area contributed by atoms with Crippen molar-refractivity contribution < 1.29 is 9.47 Å². The summed E-state index contributed by atoms with van der Waals surface area (Å²) in [5, 5.41) is 2.34. The van der Waals surface area contributed by atoms with Crippen molar-refractivity contribution in [3.05, 3.63) is 0 Å². The van der Waals surface area contributed by atoms with E-state index < -0.39 is 0 Å². The molecule has 2 unspecified atom stereocenters. The molecule has 4 heteroatoms. The fourth-order valence-corrected chi connectivity index (χ4v) is 1.12. The van der Waals surface area contributed by atoms with Crippen molar-refractivity contribution in [2.24, 2.45) is 4.99 Å². The van der Waals surface area contributed by atoms with Gasteiger partial charge in [-0.25, -0.2) is 4.99 Å². The third kappa shape index (κ3) is 2.67. The van der Waals surface area contributed by atoms with Crippen LogP contribution in [-0.2, 0) is 9.47 Å². The van der Waals surface area contributed by atoms with Gasteiger partial charge in [0.05, 0.1) is 31.0 Å². The monoisotopic (exact) mass is 173 g/mol. The first kappa shape index (κ1) is 8.81. The second-order valence-corrected chi connectivity index (χ2v) is 2.63. The van der Waals surface area contributed by atoms with Crippen molar-refractivity contribution >= 4 is 17.4 Å². The molecule has 0 aromatic heterocycles. The molecule has 0 saturated carbocycles. The van der Waals surface area contributed by atoms with Gasteiger partial charge in [0.25, 0.3) is 0 Å². The van der Waals surface area contributed by atoms with Gasteiger partial charge >= 0.3 is 0 Å². The summed E-state index contributed by atoms with van der Waals surface area (Å²) >= 11 is 4.48. The molecule has 0 bridgehead atoms. The molecule has 0 radical (unpaired) electrons. The van der Waals surface area contributed by atoms with Gasteiger partial charge in [0.2, 0.25) is 0 Å². The normalized spacial score (nSPS) is 27.2. The maximum Gasteiger partial charge on any atom is 0.104 e. The zero-order valence-corrected chi connectivity index (χ0v) is 7.26. The van der Waals surface area contributed by atoms with Crippen molar-refractivity contribution in [2.75, 3.05) is 19.8 Å². The van der Waals surface area contributed by atoms with Gasteiger partial charge in [-0.2, -0.15) is 0 Å². The van der Waals surface area contributed by atoms with Crippen molar-refractivity contribution in [1.82, 2.24) is 0 Å². The summed E-state index contributed by atoms with van der Waals surface area (Å²) in [4.78, 5) is 3.91. The lowest BCUT2D eigenvalue weighted by molar-refractivity contribution is -0.0944. The second kappa shape index (κ2) is 4.57. The van der Waals surface area contributed by atoms with Gasteiger partial charge in [-0.05, 0) is 19.1 Å². The van der Waals surface area contributed by atoms with Crippen LogP contribution >= 0.6 is 12.2 Å². The Balaban J connectivity index is 2.38. The van der Waals surface area contributed by atoms with Gasteiger partial charge < -0.3 is 9.47 Å². The molecule has 2 atom stereocenters. The molecule has 1 heterocycles. The SMILES string of the molecule is CC(N=C=S)C1COCCO1. The Morgan fingerprint density at radius 3 is 3.00 bits per heavy atom. The average molecular weight is 173 g/mol. The molecule has 62 valence electrons. The Labute approximate surface area is 71.4 Å². The maximum absolute atomic E-state index is 5.39. The highest BCUT2D eigenvalue weighted by molar-refractivity contribution is 7.78. The fraction of sp³-hybridized carbons (Fsp3) is 0.857.